The molecule has 0 saturated heterocycles. The van der Waals surface area contributed by atoms with Crippen LogP contribution < -0.4 is 0 Å². The maximum absolute atomic E-state index is 10.7. The van der Waals surface area contributed by atoms with Gasteiger partial charge in [-0.1, -0.05) is 38.5 Å². The van der Waals surface area contributed by atoms with Gasteiger partial charge in [-0.05, 0) is 19.8 Å². The summed E-state index contributed by atoms with van der Waals surface area (Å²) in [6.45, 7) is 1.64. The van der Waals surface area contributed by atoms with Crippen LogP contribution in [0.4, 0.5) is 0 Å². The fourth-order valence-corrected chi connectivity index (χ4v) is 1.71. The smallest absolute Gasteiger partial charge is 0.303 e. The summed E-state index contributed by atoms with van der Waals surface area (Å²) in [5, 5.41) is 8.43. The van der Waals surface area contributed by atoms with E-state index in [4.69, 9.17) is 5.11 Å². The third-order valence-corrected chi connectivity index (χ3v) is 2.67. The van der Waals surface area contributed by atoms with Gasteiger partial charge in [-0.25, -0.2) is 0 Å². The molecular formula is C13H24O3. The molecule has 1 N–H and O–H groups in total. The summed E-state index contributed by atoms with van der Waals surface area (Å²) < 4.78 is 0. The van der Waals surface area contributed by atoms with Crippen LogP contribution in [0.25, 0.3) is 0 Å². The molecule has 3 nitrogen and oxygen atoms in total. The normalized spacial score (nSPS) is 10.3. The van der Waals surface area contributed by atoms with E-state index in [9.17, 15) is 9.59 Å². The van der Waals surface area contributed by atoms with Crippen molar-refractivity contribution in [3.05, 3.63) is 0 Å². The SMILES string of the molecule is CC(=O)CCCCCCCCCCC(=O)O. The molecule has 0 aromatic rings. The third-order valence-electron chi connectivity index (χ3n) is 2.67. The minimum atomic E-state index is -0.691. The highest BCUT2D eigenvalue weighted by molar-refractivity contribution is 5.75. The molecule has 0 aromatic carbocycles. The number of carbonyl (C=O) groups is 2. The lowest BCUT2D eigenvalue weighted by Crippen LogP contribution is -1.93. The molecule has 0 spiro atoms. The summed E-state index contributed by atoms with van der Waals surface area (Å²) >= 11 is 0. The quantitative estimate of drug-likeness (QED) is 0.550. The number of ketones is 1. The van der Waals surface area contributed by atoms with Crippen molar-refractivity contribution in [2.24, 2.45) is 0 Å². The fourth-order valence-electron chi connectivity index (χ4n) is 1.71. The van der Waals surface area contributed by atoms with Crippen LogP contribution >= 0.6 is 0 Å². The van der Waals surface area contributed by atoms with E-state index in [1.54, 1.807) is 6.92 Å². The highest BCUT2D eigenvalue weighted by Crippen LogP contribution is 2.10. The van der Waals surface area contributed by atoms with Gasteiger partial charge in [-0.15, -0.1) is 0 Å². The first-order valence-electron chi connectivity index (χ1n) is 6.34. The molecule has 3 heteroatoms. The van der Waals surface area contributed by atoms with Gasteiger partial charge in [0.2, 0.25) is 0 Å². The van der Waals surface area contributed by atoms with E-state index in [2.05, 4.69) is 0 Å². The van der Waals surface area contributed by atoms with E-state index < -0.39 is 5.97 Å². The maximum Gasteiger partial charge on any atom is 0.303 e. The maximum atomic E-state index is 10.7. The molecule has 0 unspecified atom stereocenters. The molecule has 0 radical (unpaired) electrons. The molecule has 94 valence electrons. The summed E-state index contributed by atoms with van der Waals surface area (Å²) in [4.78, 5) is 20.9. The minimum Gasteiger partial charge on any atom is -0.481 e. The second kappa shape index (κ2) is 10.7. The van der Waals surface area contributed by atoms with Gasteiger partial charge in [0.05, 0.1) is 0 Å². The summed E-state index contributed by atoms with van der Waals surface area (Å²) in [6, 6.07) is 0. The van der Waals surface area contributed by atoms with Crippen molar-refractivity contribution >= 4 is 11.8 Å². The van der Waals surface area contributed by atoms with Gasteiger partial charge in [0.15, 0.2) is 0 Å². The molecule has 0 heterocycles. The van der Waals surface area contributed by atoms with E-state index in [-0.39, 0.29) is 5.78 Å². The first kappa shape index (κ1) is 15.1. The topological polar surface area (TPSA) is 54.4 Å². The predicted octanol–water partition coefficient (Wildman–Crippen LogP) is 3.56. The number of carboxylic acids is 1. The zero-order valence-corrected chi connectivity index (χ0v) is 10.3. The van der Waals surface area contributed by atoms with Gasteiger partial charge in [0, 0.05) is 12.8 Å². The van der Waals surface area contributed by atoms with Crippen molar-refractivity contribution in [3.8, 4) is 0 Å². The zero-order valence-electron chi connectivity index (χ0n) is 10.3. The number of aliphatic carboxylic acids is 1. The zero-order chi connectivity index (χ0) is 12.2. The number of hydrogen-bond donors (Lipinski definition) is 1. The van der Waals surface area contributed by atoms with Crippen LogP contribution in [0, 0.1) is 0 Å². The second-order valence-corrected chi connectivity index (χ2v) is 4.42. The molecule has 16 heavy (non-hydrogen) atoms. The van der Waals surface area contributed by atoms with Crippen LogP contribution in [-0.4, -0.2) is 16.9 Å². The number of unbranched alkanes of at least 4 members (excludes halogenated alkanes) is 7. The Kier molecular flexibility index (Phi) is 10.1. The molecular weight excluding hydrogens is 204 g/mol. The van der Waals surface area contributed by atoms with Crippen molar-refractivity contribution in [1.82, 2.24) is 0 Å². The number of carbonyl (C=O) groups excluding carboxylic acids is 1. The average Bonchev–Trinajstić information content (AvgIpc) is 2.20. The number of Topliss-reactive ketones (excluding diaryl/α,β-unsaturated/α-hetero) is 1. The number of rotatable bonds is 11. The van der Waals surface area contributed by atoms with Gasteiger partial charge in [0.25, 0.3) is 0 Å². The van der Waals surface area contributed by atoms with Crippen LogP contribution in [0.1, 0.15) is 71.1 Å². The van der Waals surface area contributed by atoms with Crippen molar-refractivity contribution in [3.63, 3.8) is 0 Å². The lowest BCUT2D eigenvalue weighted by molar-refractivity contribution is -0.137. The van der Waals surface area contributed by atoms with E-state index in [0.29, 0.717) is 6.42 Å². The van der Waals surface area contributed by atoms with Gasteiger partial charge in [-0.2, -0.15) is 0 Å². The van der Waals surface area contributed by atoms with Crippen molar-refractivity contribution in [1.29, 1.82) is 0 Å². The van der Waals surface area contributed by atoms with Gasteiger partial charge in [-0.3, -0.25) is 4.79 Å². The van der Waals surface area contributed by atoms with E-state index in [1.807, 2.05) is 0 Å². The van der Waals surface area contributed by atoms with Gasteiger partial charge in [0.1, 0.15) is 5.78 Å². The summed E-state index contributed by atoms with van der Waals surface area (Å²) in [6.07, 6.45) is 9.77. The van der Waals surface area contributed by atoms with Crippen LogP contribution in [0.3, 0.4) is 0 Å². The molecule has 0 saturated carbocycles. The Morgan fingerprint density at radius 3 is 1.50 bits per heavy atom. The van der Waals surface area contributed by atoms with Gasteiger partial charge < -0.3 is 9.90 Å². The highest BCUT2D eigenvalue weighted by atomic mass is 16.4. The third kappa shape index (κ3) is 13.1. The highest BCUT2D eigenvalue weighted by Gasteiger charge is 1.97. The monoisotopic (exact) mass is 228 g/mol. The summed E-state index contributed by atoms with van der Waals surface area (Å²) in [5.41, 5.74) is 0. The van der Waals surface area contributed by atoms with Crippen LogP contribution in [-0.2, 0) is 9.59 Å². The van der Waals surface area contributed by atoms with Crippen molar-refractivity contribution < 1.29 is 14.7 Å². The van der Waals surface area contributed by atoms with Crippen LogP contribution in [0.15, 0.2) is 0 Å². The fraction of sp³-hybridized carbons (Fsp3) is 0.846. The Hall–Kier alpha value is -0.860. The Bertz CT molecular complexity index is 177. The lowest BCUT2D eigenvalue weighted by Gasteiger charge is -2.00. The Labute approximate surface area is 98.2 Å². The molecule has 0 aliphatic carbocycles. The molecule has 0 bridgehead atoms. The Morgan fingerprint density at radius 1 is 0.750 bits per heavy atom. The molecule has 0 aliphatic rings. The first-order chi connectivity index (χ1) is 7.63. The number of carboxylic acid groups (broad SMARTS) is 1. The van der Waals surface area contributed by atoms with Crippen LogP contribution in [0.5, 0.6) is 0 Å². The number of hydrogen-bond acceptors (Lipinski definition) is 2. The molecule has 0 fully saturated rings. The molecule has 0 atom stereocenters. The van der Waals surface area contributed by atoms with E-state index in [0.717, 1.165) is 38.5 Å². The lowest BCUT2D eigenvalue weighted by atomic mass is 10.1. The molecule has 0 amide bonds. The second-order valence-electron chi connectivity index (χ2n) is 4.42. The molecule has 0 rings (SSSR count). The average molecular weight is 228 g/mol. The Morgan fingerprint density at radius 2 is 1.12 bits per heavy atom. The molecule has 0 aromatic heterocycles. The summed E-state index contributed by atoms with van der Waals surface area (Å²) in [5.74, 6) is -0.405. The van der Waals surface area contributed by atoms with Crippen LogP contribution in [0.2, 0.25) is 0 Å². The first-order valence-corrected chi connectivity index (χ1v) is 6.34. The Balaban J connectivity index is 2.98. The standard InChI is InChI=1S/C13H24O3/c1-12(14)10-8-6-4-2-3-5-7-9-11-13(15)16/h2-11H2,1H3,(H,15,16). The predicted molar refractivity (Wildman–Crippen MR) is 64.5 cm³/mol. The van der Waals surface area contributed by atoms with Crippen molar-refractivity contribution in [2.75, 3.05) is 0 Å². The van der Waals surface area contributed by atoms with Crippen molar-refractivity contribution in [2.45, 2.75) is 71.1 Å². The van der Waals surface area contributed by atoms with E-state index in [1.165, 1.54) is 19.3 Å². The van der Waals surface area contributed by atoms with E-state index >= 15 is 0 Å². The molecule has 0 aliphatic heterocycles. The largest absolute Gasteiger partial charge is 0.481 e. The summed E-state index contributed by atoms with van der Waals surface area (Å²) in [7, 11) is 0. The van der Waals surface area contributed by atoms with Gasteiger partial charge >= 0.3 is 5.97 Å². The minimum absolute atomic E-state index is 0.286.